The third kappa shape index (κ3) is 5.11. The molecule has 6 aromatic carbocycles. The number of ether oxygens (including phenoxy) is 1. The van der Waals surface area contributed by atoms with Gasteiger partial charge in [-0.2, -0.15) is 0 Å². The van der Waals surface area contributed by atoms with Crippen LogP contribution in [0, 0.1) is 6.92 Å². The minimum atomic E-state index is 0.605. The number of rotatable bonds is 6. The van der Waals surface area contributed by atoms with E-state index < -0.39 is 0 Å². The van der Waals surface area contributed by atoms with Crippen molar-refractivity contribution in [3.05, 3.63) is 151 Å². The molecular formula is C40H28N4O. The summed E-state index contributed by atoms with van der Waals surface area (Å²) in [5.74, 6) is 3.38. The zero-order valence-corrected chi connectivity index (χ0v) is 24.6. The molecule has 0 amide bonds. The van der Waals surface area contributed by atoms with Gasteiger partial charge >= 0.3 is 0 Å². The molecule has 0 fully saturated rings. The summed E-state index contributed by atoms with van der Waals surface area (Å²) in [6.45, 7) is 2.05. The zero-order valence-electron chi connectivity index (χ0n) is 24.6. The van der Waals surface area contributed by atoms with Gasteiger partial charge in [0.15, 0.2) is 17.5 Å². The van der Waals surface area contributed by atoms with Crippen molar-refractivity contribution in [3.8, 4) is 56.8 Å². The minimum absolute atomic E-state index is 0.605. The maximum Gasteiger partial charge on any atom is 0.164 e. The maximum absolute atomic E-state index is 6.43. The molecule has 0 saturated heterocycles. The molecule has 0 spiro atoms. The topological polar surface area (TPSA) is 63.7 Å². The number of hydrogen-bond acceptors (Lipinski definition) is 4. The molecule has 0 aliphatic rings. The smallest absolute Gasteiger partial charge is 0.164 e. The molecule has 5 heteroatoms. The molecule has 5 nitrogen and oxygen atoms in total. The number of para-hydroxylation sites is 1. The fraction of sp³-hybridized carbons (Fsp3) is 0.0250. The van der Waals surface area contributed by atoms with E-state index in [0.717, 1.165) is 55.9 Å². The number of benzene rings is 6. The standard InChI is InChI=1S/C40H28N4O/c1-26-32(40-43-38(28-11-4-2-5-12-28)42-39(44-40)29-13-6-3-7-14-29)16-10-18-37(26)45-31-22-19-27(20-23-31)30-21-24-36-34(25-30)33-15-8-9-17-35(33)41-36/h2-25,41H,1H3. The summed E-state index contributed by atoms with van der Waals surface area (Å²) in [6, 6.07) is 49.2. The van der Waals surface area contributed by atoms with Crippen molar-refractivity contribution in [2.75, 3.05) is 0 Å². The highest BCUT2D eigenvalue weighted by Gasteiger charge is 2.16. The summed E-state index contributed by atoms with van der Waals surface area (Å²) in [5.41, 5.74) is 8.31. The predicted molar refractivity (Wildman–Crippen MR) is 182 cm³/mol. The van der Waals surface area contributed by atoms with E-state index in [4.69, 9.17) is 19.7 Å². The fourth-order valence-corrected chi connectivity index (χ4v) is 5.77. The molecule has 0 aliphatic carbocycles. The number of aromatic nitrogens is 4. The Kier molecular flexibility index (Phi) is 6.61. The van der Waals surface area contributed by atoms with Gasteiger partial charge in [-0.05, 0) is 54.4 Å². The number of nitrogens with zero attached hydrogens (tertiary/aromatic N) is 3. The zero-order chi connectivity index (χ0) is 30.2. The van der Waals surface area contributed by atoms with Crippen LogP contribution >= 0.6 is 0 Å². The highest BCUT2D eigenvalue weighted by atomic mass is 16.5. The van der Waals surface area contributed by atoms with Gasteiger partial charge in [0.1, 0.15) is 11.5 Å². The average molecular weight is 581 g/mol. The lowest BCUT2D eigenvalue weighted by atomic mass is 10.0. The van der Waals surface area contributed by atoms with Crippen molar-refractivity contribution >= 4 is 21.8 Å². The van der Waals surface area contributed by atoms with Crippen LogP contribution in [0.1, 0.15) is 5.56 Å². The summed E-state index contributed by atoms with van der Waals surface area (Å²) in [6.07, 6.45) is 0. The first-order chi connectivity index (χ1) is 22.2. The van der Waals surface area contributed by atoms with Gasteiger partial charge in [-0.1, -0.05) is 109 Å². The van der Waals surface area contributed by atoms with Gasteiger partial charge < -0.3 is 9.72 Å². The van der Waals surface area contributed by atoms with Gasteiger partial charge in [0.25, 0.3) is 0 Å². The SMILES string of the molecule is Cc1c(Oc2ccc(-c3ccc4[nH]c5ccccc5c4c3)cc2)cccc1-c1nc(-c2ccccc2)nc(-c2ccccc2)n1. The molecule has 0 radical (unpaired) electrons. The van der Waals surface area contributed by atoms with E-state index in [1.807, 2.05) is 97.9 Å². The highest BCUT2D eigenvalue weighted by Crippen LogP contribution is 2.35. The van der Waals surface area contributed by atoms with Crippen LogP contribution in [-0.4, -0.2) is 19.9 Å². The third-order valence-electron chi connectivity index (χ3n) is 8.15. The Bertz CT molecular complexity index is 2230. The van der Waals surface area contributed by atoms with E-state index in [1.165, 1.54) is 10.8 Å². The van der Waals surface area contributed by atoms with E-state index in [0.29, 0.717) is 17.5 Å². The number of fused-ring (bicyclic) bond motifs is 3. The van der Waals surface area contributed by atoms with E-state index in [9.17, 15) is 0 Å². The minimum Gasteiger partial charge on any atom is -0.457 e. The van der Waals surface area contributed by atoms with E-state index in [1.54, 1.807) is 0 Å². The van der Waals surface area contributed by atoms with Gasteiger partial charge in [0, 0.05) is 44.1 Å². The van der Waals surface area contributed by atoms with E-state index >= 15 is 0 Å². The molecule has 0 unspecified atom stereocenters. The molecule has 0 saturated carbocycles. The summed E-state index contributed by atoms with van der Waals surface area (Å²) in [5, 5.41) is 2.45. The fourth-order valence-electron chi connectivity index (χ4n) is 5.77. The van der Waals surface area contributed by atoms with Crippen LogP contribution in [-0.2, 0) is 0 Å². The normalized spacial score (nSPS) is 11.2. The first-order valence-electron chi connectivity index (χ1n) is 15.0. The Hall–Kier alpha value is -6.07. The molecule has 214 valence electrons. The molecule has 2 heterocycles. The molecule has 1 N–H and O–H groups in total. The van der Waals surface area contributed by atoms with Crippen molar-refractivity contribution in [2.24, 2.45) is 0 Å². The molecule has 0 aliphatic heterocycles. The average Bonchev–Trinajstić information content (AvgIpc) is 3.48. The maximum atomic E-state index is 6.43. The molecule has 2 aromatic heterocycles. The Morgan fingerprint density at radius 2 is 1.07 bits per heavy atom. The molecular weight excluding hydrogens is 552 g/mol. The first-order valence-corrected chi connectivity index (χ1v) is 15.0. The van der Waals surface area contributed by atoms with Crippen molar-refractivity contribution in [1.29, 1.82) is 0 Å². The number of nitrogens with one attached hydrogen (secondary N) is 1. The first kappa shape index (κ1) is 26.5. The van der Waals surface area contributed by atoms with Gasteiger partial charge in [-0.25, -0.2) is 15.0 Å². The van der Waals surface area contributed by atoms with Crippen LogP contribution in [0.15, 0.2) is 146 Å². The lowest BCUT2D eigenvalue weighted by Gasteiger charge is -2.14. The Balaban J connectivity index is 1.12. The second-order valence-corrected chi connectivity index (χ2v) is 11.0. The van der Waals surface area contributed by atoms with E-state index in [-0.39, 0.29) is 0 Å². The number of H-pyrrole nitrogens is 1. The van der Waals surface area contributed by atoms with Gasteiger partial charge in [0.2, 0.25) is 0 Å². The lowest BCUT2D eigenvalue weighted by Crippen LogP contribution is -2.01. The quantitative estimate of drug-likeness (QED) is 0.213. The van der Waals surface area contributed by atoms with E-state index in [2.05, 4.69) is 59.6 Å². The Labute approximate surface area is 260 Å². The third-order valence-corrected chi connectivity index (χ3v) is 8.15. The van der Waals surface area contributed by atoms with Crippen LogP contribution in [0.25, 0.3) is 67.1 Å². The molecule has 45 heavy (non-hydrogen) atoms. The largest absolute Gasteiger partial charge is 0.457 e. The van der Waals surface area contributed by atoms with Crippen molar-refractivity contribution in [2.45, 2.75) is 6.92 Å². The second-order valence-electron chi connectivity index (χ2n) is 11.0. The predicted octanol–water partition coefficient (Wildman–Crippen LogP) is 10.3. The van der Waals surface area contributed by atoms with Crippen molar-refractivity contribution in [1.82, 2.24) is 19.9 Å². The van der Waals surface area contributed by atoms with Gasteiger partial charge in [-0.15, -0.1) is 0 Å². The van der Waals surface area contributed by atoms with Crippen LogP contribution < -0.4 is 4.74 Å². The van der Waals surface area contributed by atoms with Crippen LogP contribution in [0.4, 0.5) is 0 Å². The molecule has 0 bridgehead atoms. The van der Waals surface area contributed by atoms with Crippen LogP contribution in [0.3, 0.4) is 0 Å². The number of hydrogen-bond donors (Lipinski definition) is 1. The summed E-state index contributed by atoms with van der Waals surface area (Å²) < 4.78 is 6.43. The van der Waals surface area contributed by atoms with Crippen molar-refractivity contribution in [3.63, 3.8) is 0 Å². The lowest BCUT2D eigenvalue weighted by molar-refractivity contribution is 0.479. The van der Waals surface area contributed by atoms with Crippen molar-refractivity contribution < 1.29 is 4.74 Å². The summed E-state index contributed by atoms with van der Waals surface area (Å²) in [7, 11) is 0. The van der Waals surface area contributed by atoms with Gasteiger partial charge in [0.05, 0.1) is 0 Å². The van der Waals surface area contributed by atoms with Crippen LogP contribution in [0.2, 0.25) is 0 Å². The second kappa shape index (κ2) is 11.2. The summed E-state index contributed by atoms with van der Waals surface area (Å²) >= 11 is 0. The van der Waals surface area contributed by atoms with Gasteiger partial charge in [-0.3, -0.25) is 0 Å². The molecule has 8 aromatic rings. The van der Waals surface area contributed by atoms with Crippen LogP contribution in [0.5, 0.6) is 11.5 Å². The monoisotopic (exact) mass is 580 g/mol. The summed E-state index contributed by atoms with van der Waals surface area (Å²) in [4.78, 5) is 18.2. The molecule has 8 rings (SSSR count). The highest BCUT2D eigenvalue weighted by molar-refractivity contribution is 6.08. The Morgan fingerprint density at radius 3 is 1.78 bits per heavy atom. The Morgan fingerprint density at radius 1 is 0.467 bits per heavy atom. The number of aromatic amines is 1. The molecule has 0 atom stereocenters.